The number of aryl methyl sites for hydroxylation is 1. The van der Waals surface area contributed by atoms with Gasteiger partial charge in [0.05, 0.1) is 29.4 Å². The van der Waals surface area contributed by atoms with Crippen molar-refractivity contribution in [3.8, 4) is 17.3 Å². The average molecular weight is 397 g/mol. The Morgan fingerprint density at radius 2 is 2.07 bits per heavy atom. The van der Waals surface area contributed by atoms with Crippen LogP contribution in [0.2, 0.25) is 5.02 Å². The minimum Gasteiger partial charge on any atom is -0.493 e. The smallest absolute Gasteiger partial charge is 0.205 e. The normalized spacial score (nSPS) is 11.5. The third-order valence-corrected chi connectivity index (χ3v) is 4.73. The van der Waals surface area contributed by atoms with Crippen LogP contribution in [0.25, 0.3) is 22.6 Å². The maximum atomic E-state index is 6.24. The van der Waals surface area contributed by atoms with Crippen molar-refractivity contribution in [3.05, 3.63) is 59.0 Å². The van der Waals surface area contributed by atoms with Crippen molar-refractivity contribution < 1.29 is 9.42 Å². The number of imidazole rings is 1. The maximum Gasteiger partial charge on any atom is 0.205 e. The van der Waals surface area contributed by atoms with E-state index in [0.717, 1.165) is 39.6 Å². The Kier molecular flexibility index (Phi) is 5.05. The average Bonchev–Trinajstić information content (AvgIpc) is 3.24. The second-order valence-electron chi connectivity index (χ2n) is 7.33. The molecule has 0 aliphatic rings. The zero-order chi connectivity index (χ0) is 19.7. The van der Waals surface area contributed by atoms with E-state index < -0.39 is 0 Å². The van der Waals surface area contributed by atoms with Crippen molar-refractivity contribution in [1.82, 2.24) is 20.1 Å². The van der Waals surface area contributed by atoms with Crippen LogP contribution in [0.4, 0.5) is 0 Å². The van der Waals surface area contributed by atoms with Gasteiger partial charge in [0.25, 0.3) is 0 Å². The van der Waals surface area contributed by atoms with Gasteiger partial charge in [0, 0.05) is 24.2 Å². The predicted molar refractivity (Wildman–Crippen MR) is 109 cm³/mol. The van der Waals surface area contributed by atoms with Crippen LogP contribution in [0.3, 0.4) is 0 Å². The molecule has 3 aromatic heterocycles. The lowest BCUT2D eigenvalue weighted by Crippen LogP contribution is -2.39. The standard InChI is InChI=1S/C21H22ClN5O/c1-13(2)12-28-20-5-4-16(22)9-15(20)11-27-14(3)8-18(26-27)21-24-17-6-7-23-10-19(17)25-21/h4-10,13H,11-12H2,1-3H3,(H,23,24,25,26)/p+1. The van der Waals surface area contributed by atoms with Crippen molar-refractivity contribution in [2.75, 3.05) is 6.61 Å². The first-order valence-corrected chi connectivity index (χ1v) is 9.68. The van der Waals surface area contributed by atoms with Gasteiger partial charge < -0.3 is 9.72 Å². The van der Waals surface area contributed by atoms with Gasteiger partial charge in [-0.2, -0.15) is 5.10 Å². The number of rotatable bonds is 6. The van der Waals surface area contributed by atoms with E-state index >= 15 is 0 Å². The number of nitrogens with zero attached hydrogens (tertiary/aromatic N) is 3. The maximum absolute atomic E-state index is 6.24. The van der Waals surface area contributed by atoms with Gasteiger partial charge in [-0.05, 0) is 30.2 Å². The Hall–Kier alpha value is -2.86. The number of pyridine rings is 1. The van der Waals surface area contributed by atoms with E-state index in [0.29, 0.717) is 24.1 Å². The van der Waals surface area contributed by atoms with Crippen LogP contribution in [-0.4, -0.2) is 26.7 Å². The number of ether oxygens (including phenoxy) is 1. The van der Waals surface area contributed by atoms with Crippen LogP contribution < -0.4 is 9.42 Å². The second-order valence-corrected chi connectivity index (χ2v) is 7.77. The Balaban J connectivity index is 1.63. The van der Waals surface area contributed by atoms with E-state index in [1.54, 1.807) is 12.4 Å². The number of nitrogens with one attached hydrogen (secondary N) is 2. The molecular formula is C21H23ClN5O+. The molecule has 0 aliphatic carbocycles. The molecule has 7 heteroatoms. The molecule has 0 bridgehead atoms. The zero-order valence-corrected chi connectivity index (χ0v) is 16.9. The molecule has 4 rings (SSSR count). The number of halogens is 1. The molecule has 6 nitrogen and oxygen atoms in total. The Labute approximate surface area is 168 Å². The molecule has 1 aromatic carbocycles. The number of aromatic nitrogens is 5. The fourth-order valence-electron chi connectivity index (χ4n) is 3.06. The molecule has 2 N–H and O–H groups in total. The van der Waals surface area contributed by atoms with Crippen molar-refractivity contribution in [1.29, 1.82) is 0 Å². The van der Waals surface area contributed by atoms with Crippen LogP contribution in [-0.2, 0) is 6.54 Å². The number of benzene rings is 1. The molecule has 4 aromatic rings. The van der Waals surface area contributed by atoms with Gasteiger partial charge in [-0.25, -0.2) is 4.98 Å². The van der Waals surface area contributed by atoms with E-state index in [2.05, 4.69) is 51.6 Å². The molecular weight excluding hydrogens is 374 g/mol. The van der Waals surface area contributed by atoms with E-state index in [1.807, 2.05) is 24.3 Å². The third kappa shape index (κ3) is 3.87. The number of hydrogen-bond acceptors (Lipinski definition) is 3. The van der Waals surface area contributed by atoms with Crippen molar-refractivity contribution in [3.63, 3.8) is 0 Å². The molecule has 0 radical (unpaired) electrons. The highest BCUT2D eigenvalue weighted by atomic mass is 35.5. The van der Waals surface area contributed by atoms with Gasteiger partial charge in [-0.1, -0.05) is 25.4 Å². The predicted octanol–water partition coefficient (Wildman–Crippen LogP) is 4.29. The fourth-order valence-corrected chi connectivity index (χ4v) is 3.26. The monoisotopic (exact) mass is 396 g/mol. The molecule has 0 aliphatic heterocycles. The van der Waals surface area contributed by atoms with E-state index in [9.17, 15) is 0 Å². The lowest BCUT2D eigenvalue weighted by atomic mass is 10.2. The van der Waals surface area contributed by atoms with Gasteiger partial charge in [-0.3, -0.25) is 4.98 Å². The van der Waals surface area contributed by atoms with E-state index in [4.69, 9.17) is 16.3 Å². The number of hydrogen-bond donors (Lipinski definition) is 2. The second kappa shape index (κ2) is 7.64. The molecule has 0 fully saturated rings. The molecule has 0 saturated heterocycles. The molecule has 0 saturated carbocycles. The molecule has 3 heterocycles. The highest BCUT2D eigenvalue weighted by Crippen LogP contribution is 2.24. The number of fused-ring (bicyclic) bond motifs is 1. The summed E-state index contributed by atoms with van der Waals surface area (Å²) in [6, 6.07) is 9.72. The zero-order valence-electron chi connectivity index (χ0n) is 16.2. The van der Waals surface area contributed by atoms with Crippen LogP contribution in [0.1, 0.15) is 25.1 Å². The van der Waals surface area contributed by atoms with Crippen molar-refractivity contribution >= 4 is 22.6 Å². The summed E-state index contributed by atoms with van der Waals surface area (Å²) in [6.45, 7) is 7.62. The summed E-state index contributed by atoms with van der Waals surface area (Å²) >= 11 is 6.24. The molecule has 144 valence electrons. The van der Waals surface area contributed by atoms with Gasteiger partial charge in [-0.15, -0.1) is 4.68 Å². The van der Waals surface area contributed by atoms with Crippen LogP contribution in [0.15, 0.2) is 42.7 Å². The summed E-state index contributed by atoms with van der Waals surface area (Å²) in [4.78, 5) is 12.1. The number of aromatic amines is 2. The summed E-state index contributed by atoms with van der Waals surface area (Å²) in [6.07, 6.45) is 3.52. The van der Waals surface area contributed by atoms with E-state index in [1.165, 1.54) is 0 Å². The molecule has 0 unspecified atom stereocenters. The van der Waals surface area contributed by atoms with Crippen molar-refractivity contribution in [2.24, 2.45) is 5.92 Å². The third-order valence-electron chi connectivity index (χ3n) is 4.50. The van der Waals surface area contributed by atoms with Crippen LogP contribution in [0.5, 0.6) is 5.75 Å². The molecule has 0 amide bonds. The summed E-state index contributed by atoms with van der Waals surface area (Å²) < 4.78 is 8.05. The first-order chi connectivity index (χ1) is 13.5. The minimum atomic E-state index is 0.456. The first-order valence-electron chi connectivity index (χ1n) is 9.30. The Morgan fingerprint density at radius 1 is 1.21 bits per heavy atom. The fraction of sp³-hybridized carbons (Fsp3) is 0.286. The molecule has 0 atom stereocenters. The quantitative estimate of drug-likeness (QED) is 0.478. The van der Waals surface area contributed by atoms with Crippen molar-refractivity contribution in [2.45, 2.75) is 27.3 Å². The first kappa shape index (κ1) is 18.5. The largest absolute Gasteiger partial charge is 0.493 e. The highest BCUT2D eigenvalue weighted by molar-refractivity contribution is 6.30. The Morgan fingerprint density at radius 3 is 2.86 bits per heavy atom. The summed E-state index contributed by atoms with van der Waals surface area (Å²) in [5.74, 6) is 2.10. The molecule has 0 spiro atoms. The van der Waals surface area contributed by atoms with Crippen LogP contribution >= 0.6 is 11.6 Å². The minimum absolute atomic E-state index is 0.456. The van der Waals surface area contributed by atoms with Gasteiger partial charge >= 0.3 is 0 Å². The summed E-state index contributed by atoms with van der Waals surface area (Å²) in [5, 5.41) is 4.12. The lowest BCUT2D eigenvalue weighted by molar-refractivity contribution is -0.747. The summed E-state index contributed by atoms with van der Waals surface area (Å²) in [5.41, 5.74) is 4.84. The highest BCUT2D eigenvalue weighted by Gasteiger charge is 2.19. The number of H-pyrrole nitrogens is 2. The Bertz CT molecular complexity index is 1080. The van der Waals surface area contributed by atoms with E-state index in [-0.39, 0.29) is 0 Å². The topological polar surface area (TPSA) is 70.5 Å². The van der Waals surface area contributed by atoms with Gasteiger partial charge in [0.15, 0.2) is 5.82 Å². The van der Waals surface area contributed by atoms with Gasteiger partial charge in [0.1, 0.15) is 11.4 Å². The molecule has 28 heavy (non-hydrogen) atoms. The summed E-state index contributed by atoms with van der Waals surface area (Å²) in [7, 11) is 0. The van der Waals surface area contributed by atoms with Crippen LogP contribution in [0, 0.1) is 12.8 Å². The SMILES string of the molecule is Cc1cc(-c2nc3ccncc3[nH]2)[nH][n+]1Cc1cc(Cl)ccc1OCC(C)C. The van der Waals surface area contributed by atoms with Gasteiger partial charge in [0.2, 0.25) is 12.2 Å². The lowest BCUT2D eigenvalue weighted by Gasteiger charge is -2.12.